The molecule has 0 amide bonds. The van der Waals surface area contributed by atoms with Gasteiger partial charge in [-0.25, -0.2) is 0 Å². The topological polar surface area (TPSA) is 45.2 Å². The van der Waals surface area contributed by atoms with Gasteiger partial charge in [-0.15, -0.1) is 6.42 Å². The van der Waals surface area contributed by atoms with Gasteiger partial charge in [0.25, 0.3) is 0 Å². The predicted molar refractivity (Wildman–Crippen MR) is 92.5 cm³/mol. The van der Waals surface area contributed by atoms with Crippen LogP contribution in [0.2, 0.25) is 0 Å². The Morgan fingerprint density at radius 3 is 3.00 bits per heavy atom. The molecule has 1 fully saturated rings. The second-order valence-electron chi connectivity index (χ2n) is 5.69. The summed E-state index contributed by atoms with van der Waals surface area (Å²) < 4.78 is 10.6. The molecular formula is C17H26N2O3S. The number of aliphatic hydroxyl groups excluding tert-OH is 1. The highest BCUT2D eigenvalue weighted by Gasteiger charge is 2.16. The molecule has 1 N–H and O–H groups in total. The SMILES string of the molecule is C#CCOCC(O)CN(CCN1CCOCC1)Cc1ccsc1. The summed E-state index contributed by atoms with van der Waals surface area (Å²) in [6.07, 6.45) is 4.63. The Labute approximate surface area is 142 Å². The number of hydrogen-bond donors (Lipinski definition) is 1. The van der Waals surface area contributed by atoms with Gasteiger partial charge in [-0.2, -0.15) is 11.3 Å². The Kier molecular flexibility index (Phi) is 8.61. The van der Waals surface area contributed by atoms with Gasteiger partial charge in [0.15, 0.2) is 0 Å². The van der Waals surface area contributed by atoms with Crippen LogP contribution in [0.5, 0.6) is 0 Å². The molecule has 23 heavy (non-hydrogen) atoms. The third-order valence-electron chi connectivity index (χ3n) is 3.79. The van der Waals surface area contributed by atoms with Gasteiger partial charge in [0.2, 0.25) is 0 Å². The third kappa shape index (κ3) is 7.44. The zero-order chi connectivity index (χ0) is 16.3. The maximum atomic E-state index is 10.1. The van der Waals surface area contributed by atoms with E-state index in [0.29, 0.717) is 6.54 Å². The van der Waals surface area contributed by atoms with E-state index >= 15 is 0 Å². The summed E-state index contributed by atoms with van der Waals surface area (Å²) in [7, 11) is 0. The van der Waals surface area contributed by atoms with Crippen LogP contribution >= 0.6 is 11.3 Å². The van der Waals surface area contributed by atoms with Crippen molar-refractivity contribution in [2.75, 3.05) is 59.2 Å². The van der Waals surface area contributed by atoms with Gasteiger partial charge in [-0.3, -0.25) is 9.80 Å². The van der Waals surface area contributed by atoms with E-state index in [1.54, 1.807) is 11.3 Å². The quantitative estimate of drug-likeness (QED) is 0.507. The van der Waals surface area contributed by atoms with Gasteiger partial charge < -0.3 is 14.6 Å². The van der Waals surface area contributed by atoms with Crippen molar-refractivity contribution >= 4 is 11.3 Å². The molecule has 1 unspecified atom stereocenters. The Morgan fingerprint density at radius 2 is 2.30 bits per heavy atom. The third-order valence-corrected chi connectivity index (χ3v) is 4.52. The Morgan fingerprint density at radius 1 is 1.48 bits per heavy atom. The molecular weight excluding hydrogens is 312 g/mol. The molecule has 1 aromatic rings. The molecule has 1 atom stereocenters. The largest absolute Gasteiger partial charge is 0.389 e. The molecule has 2 heterocycles. The van der Waals surface area contributed by atoms with E-state index in [1.807, 2.05) is 0 Å². The lowest BCUT2D eigenvalue weighted by Crippen LogP contribution is -2.43. The Balaban J connectivity index is 1.79. The minimum absolute atomic E-state index is 0.245. The summed E-state index contributed by atoms with van der Waals surface area (Å²) in [4.78, 5) is 4.69. The van der Waals surface area contributed by atoms with Gasteiger partial charge in [0.05, 0.1) is 25.9 Å². The summed E-state index contributed by atoms with van der Waals surface area (Å²) in [6.45, 7) is 7.47. The van der Waals surface area contributed by atoms with E-state index in [-0.39, 0.29) is 13.2 Å². The van der Waals surface area contributed by atoms with Gasteiger partial charge in [-0.1, -0.05) is 5.92 Å². The zero-order valence-corrected chi connectivity index (χ0v) is 14.3. The van der Waals surface area contributed by atoms with Crippen LogP contribution in [0.25, 0.3) is 0 Å². The number of ether oxygens (including phenoxy) is 2. The normalized spacial score (nSPS) is 17.3. The second kappa shape index (κ2) is 10.8. The van der Waals surface area contributed by atoms with Crippen molar-refractivity contribution in [1.82, 2.24) is 9.80 Å². The number of thiophene rings is 1. The number of rotatable bonds is 10. The lowest BCUT2D eigenvalue weighted by Gasteiger charge is -2.30. The average molecular weight is 338 g/mol. The van der Waals surface area contributed by atoms with Crippen molar-refractivity contribution in [1.29, 1.82) is 0 Å². The van der Waals surface area contributed by atoms with Gasteiger partial charge in [0, 0.05) is 39.3 Å². The van der Waals surface area contributed by atoms with Crippen LogP contribution in [-0.4, -0.2) is 80.2 Å². The van der Waals surface area contributed by atoms with E-state index in [2.05, 4.69) is 32.5 Å². The van der Waals surface area contributed by atoms with E-state index in [9.17, 15) is 5.11 Å². The van der Waals surface area contributed by atoms with Crippen LogP contribution in [0.3, 0.4) is 0 Å². The molecule has 1 aliphatic heterocycles. The summed E-state index contributed by atoms with van der Waals surface area (Å²) in [5.41, 5.74) is 1.29. The molecule has 6 heteroatoms. The van der Waals surface area contributed by atoms with E-state index in [1.165, 1.54) is 5.56 Å². The molecule has 5 nitrogen and oxygen atoms in total. The molecule has 0 saturated carbocycles. The number of morpholine rings is 1. The summed E-state index contributed by atoms with van der Waals surface area (Å²) in [5.74, 6) is 2.42. The highest BCUT2D eigenvalue weighted by atomic mass is 32.1. The highest BCUT2D eigenvalue weighted by molar-refractivity contribution is 7.07. The van der Waals surface area contributed by atoms with Crippen molar-refractivity contribution in [3.8, 4) is 12.3 Å². The maximum Gasteiger partial charge on any atom is 0.107 e. The van der Waals surface area contributed by atoms with Gasteiger partial charge >= 0.3 is 0 Å². The molecule has 0 aromatic carbocycles. The van der Waals surface area contributed by atoms with Gasteiger partial charge in [-0.05, 0) is 22.4 Å². The van der Waals surface area contributed by atoms with Crippen LogP contribution < -0.4 is 0 Å². The van der Waals surface area contributed by atoms with E-state index < -0.39 is 6.10 Å². The number of aliphatic hydroxyl groups is 1. The van der Waals surface area contributed by atoms with Crippen molar-refractivity contribution in [3.63, 3.8) is 0 Å². The Bertz CT molecular complexity index is 455. The summed E-state index contributed by atoms with van der Waals surface area (Å²) >= 11 is 1.70. The van der Waals surface area contributed by atoms with Gasteiger partial charge in [0.1, 0.15) is 6.61 Å². The molecule has 128 valence electrons. The number of terminal acetylenes is 1. The maximum absolute atomic E-state index is 10.1. The highest BCUT2D eigenvalue weighted by Crippen LogP contribution is 2.10. The van der Waals surface area contributed by atoms with Crippen LogP contribution in [0.15, 0.2) is 16.8 Å². The van der Waals surface area contributed by atoms with Crippen molar-refractivity contribution in [2.45, 2.75) is 12.6 Å². The first-order valence-electron chi connectivity index (χ1n) is 8.00. The fourth-order valence-corrected chi connectivity index (χ4v) is 3.25. The zero-order valence-electron chi connectivity index (χ0n) is 13.5. The first-order valence-corrected chi connectivity index (χ1v) is 8.95. The summed E-state index contributed by atoms with van der Waals surface area (Å²) in [6, 6.07) is 2.13. The van der Waals surface area contributed by atoms with Crippen LogP contribution in [0, 0.1) is 12.3 Å². The fourth-order valence-electron chi connectivity index (χ4n) is 2.59. The molecule has 0 aliphatic carbocycles. The Hall–Kier alpha value is -0.940. The molecule has 2 rings (SSSR count). The smallest absolute Gasteiger partial charge is 0.107 e. The van der Waals surface area contributed by atoms with E-state index in [4.69, 9.17) is 15.9 Å². The molecule has 0 radical (unpaired) electrons. The average Bonchev–Trinajstić information content (AvgIpc) is 3.07. The molecule has 1 aromatic heterocycles. The van der Waals surface area contributed by atoms with Crippen molar-refractivity contribution in [2.24, 2.45) is 0 Å². The van der Waals surface area contributed by atoms with Crippen molar-refractivity contribution < 1.29 is 14.6 Å². The first kappa shape index (κ1) is 18.4. The molecule has 1 saturated heterocycles. The first-order chi connectivity index (χ1) is 11.3. The predicted octanol–water partition coefficient (Wildman–Crippen LogP) is 0.893. The fraction of sp³-hybridized carbons (Fsp3) is 0.647. The van der Waals surface area contributed by atoms with Crippen LogP contribution in [0.1, 0.15) is 5.56 Å². The number of nitrogens with zero attached hydrogens (tertiary/aromatic N) is 2. The number of hydrogen-bond acceptors (Lipinski definition) is 6. The van der Waals surface area contributed by atoms with Crippen LogP contribution in [0.4, 0.5) is 0 Å². The molecule has 0 bridgehead atoms. The lowest BCUT2D eigenvalue weighted by atomic mass is 10.2. The standard InChI is InChI=1S/C17H26N2O3S/c1-2-8-22-14-17(20)13-19(12-16-3-11-23-15-16)5-4-18-6-9-21-10-7-18/h1,3,11,15,17,20H,4-10,12-14H2. The lowest BCUT2D eigenvalue weighted by molar-refractivity contribution is 0.0137. The molecule has 0 spiro atoms. The second-order valence-corrected chi connectivity index (χ2v) is 6.47. The van der Waals surface area contributed by atoms with Crippen LogP contribution in [-0.2, 0) is 16.0 Å². The summed E-state index contributed by atoms with van der Waals surface area (Å²) in [5, 5.41) is 14.4. The minimum atomic E-state index is -0.522. The van der Waals surface area contributed by atoms with Crippen molar-refractivity contribution in [3.05, 3.63) is 22.4 Å². The molecule has 1 aliphatic rings. The van der Waals surface area contributed by atoms with E-state index in [0.717, 1.165) is 45.9 Å². The minimum Gasteiger partial charge on any atom is -0.389 e. The monoisotopic (exact) mass is 338 g/mol.